The van der Waals surface area contributed by atoms with E-state index in [9.17, 15) is 0 Å². The van der Waals surface area contributed by atoms with Crippen LogP contribution in [0.4, 0.5) is 0 Å². The minimum absolute atomic E-state index is 0.824. The summed E-state index contributed by atoms with van der Waals surface area (Å²) in [6.07, 6.45) is 13.3. The predicted octanol–water partition coefficient (Wildman–Crippen LogP) is 3.67. The van der Waals surface area contributed by atoms with Gasteiger partial charge in [-0.2, -0.15) is 0 Å². The lowest BCUT2D eigenvalue weighted by Gasteiger charge is -2.55. The van der Waals surface area contributed by atoms with Gasteiger partial charge in [-0.05, 0) is 94.7 Å². The second kappa shape index (κ2) is 6.20. The minimum atomic E-state index is 0.824. The van der Waals surface area contributed by atoms with E-state index in [0.29, 0.717) is 0 Å². The van der Waals surface area contributed by atoms with Gasteiger partial charge in [-0.1, -0.05) is 13.3 Å². The van der Waals surface area contributed by atoms with Gasteiger partial charge in [0.05, 0.1) is 0 Å². The van der Waals surface area contributed by atoms with Gasteiger partial charge in [0.2, 0.25) is 0 Å². The van der Waals surface area contributed by atoms with Crippen LogP contribution in [0.2, 0.25) is 0 Å². The SMILES string of the molecule is CCCCN1CCC(NC2C3CC4CC(C3)CC2C4)CC1. The first-order valence-corrected chi connectivity index (χ1v) is 9.80. The molecule has 5 rings (SSSR count). The third kappa shape index (κ3) is 3.03. The van der Waals surface area contributed by atoms with Crippen molar-refractivity contribution in [3.05, 3.63) is 0 Å². The van der Waals surface area contributed by atoms with E-state index in [1.54, 1.807) is 32.1 Å². The van der Waals surface area contributed by atoms with Gasteiger partial charge < -0.3 is 10.2 Å². The summed E-state index contributed by atoms with van der Waals surface area (Å²) in [7, 11) is 0. The lowest BCUT2D eigenvalue weighted by atomic mass is 9.54. The lowest BCUT2D eigenvalue weighted by molar-refractivity contribution is -0.0205. The summed E-state index contributed by atoms with van der Waals surface area (Å²) in [6.45, 7) is 6.32. The van der Waals surface area contributed by atoms with Crippen molar-refractivity contribution in [2.75, 3.05) is 19.6 Å². The second-order valence-corrected chi connectivity index (χ2v) is 8.59. The highest BCUT2D eigenvalue weighted by atomic mass is 15.1. The van der Waals surface area contributed by atoms with E-state index in [1.807, 2.05) is 0 Å². The monoisotopic (exact) mass is 290 g/mol. The van der Waals surface area contributed by atoms with Crippen LogP contribution in [0, 0.1) is 23.7 Å². The molecule has 1 aliphatic heterocycles. The molecule has 2 heteroatoms. The highest BCUT2D eigenvalue weighted by Gasteiger charge is 2.48. The first kappa shape index (κ1) is 14.5. The molecule has 0 aromatic carbocycles. The van der Waals surface area contributed by atoms with Crippen molar-refractivity contribution in [3.8, 4) is 0 Å². The highest BCUT2D eigenvalue weighted by Crippen LogP contribution is 2.53. The van der Waals surface area contributed by atoms with Crippen LogP contribution in [0.1, 0.15) is 64.7 Å². The van der Waals surface area contributed by atoms with Gasteiger partial charge in [0.25, 0.3) is 0 Å². The summed E-state index contributed by atoms with van der Waals surface area (Å²) >= 11 is 0. The first-order chi connectivity index (χ1) is 10.3. The topological polar surface area (TPSA) is 15.3 Å². The first-order valence-electron chi connectivity index (χ1n) is 9.80. The number of likely N-dealkylation sites (tertiary alicyclic amines) is 1. The van der Waals surface area contributed by atoms with Crippen LogP contribution < -0.4 is 5.32 Å². The third-order valence-electron chi connectivity index (χ3n) is 7.07. The van der Waals surface area contributed by atoms with E-state index in [1.165, 1.54) is 45.3 Å². The molecule has 1 saturated heterocycles. The van der Waals surface area contributed by atoms with Crippen molar-refractivity contribution in [2.24, 2.45) is 23.7 Å². The molecule has 4 bridgehead atoms. The number of piperidine rings is 1. The maximum Gasteiger partial charge on any atom is 0.0127 e. The molecule has 4 aliphatic carbocycles. The van der Waals surface area contributed by atoms with Crippen LogP contribution >= 0.6 is 0 Å². The number of rotatable bonds is 5. The molecule has 0 unspecified atom stereocenters. The van der Waals surface area contributed by atoms with Crippen molar-refractivity contribution < 1.29 is 0 Å². The fourth-order valence-corrected chi connectivity index (χ4v) is 6.17. The molecule has 5 aliphatic rings. The summed E-state index contributed by atoms with van der Waals surface area (Å²) in [5.74, 6) is 4.31. The molecule has 0 spiro atoms. The normalized spacial score (nSPS) is 43.6. The average Bonchev–Trinajstić information content (AvgIpc) is 2.49. The van der Waals surface area contributed by atoms with E-state index in [2.05, 4.69) is 17.1 Å². The van der Waals surface area contributed by atoms with E-state index in [-0.39, 0.29) is 0 Å². The molecule has 0 aromatic rings. The Hall–Kier alpha value is -0.0800. The molecular formula is C19H34N2. The summed E-state index contributed by atoms with van der Waals surface area (Å²) in [5.41, 5.74) is 0. The summed E-state index contributed by atoms with van der Waals surface area (Å²) in [5, 5.41) is 4.15. The van der Waals surface area contributed by atoms with E-state index < -0.39 is 0 Å². The Balaban J connectivity index is 1.27. The van der Waals surface area contributed by atoms with Gasteiger partial charge in [0.15, 0.2) is 0 Å². The van der Waals surface area contributed by atoms with Crippen molar-refractivity contribution in [2.45, 2.75) is 76.8 Å². The van der Waals surface area contributed by atoms with Crippen molar-refractivity contribution in [1.29, 1.82) is 0 Å². The molecule has 1 N–H and O–H groups in total. The van der Waals surface area contributed by atoms with E-state index in [4.69, 9.17) is 0 Å². The summed E-state index contributed by atoms with van der Waals surface area (Å²) in [6, 6.07) is 1.72. The molecule has 2 nitrogen and oxygen atoms in total. The minimum Gasteiger partial charge on any atom is -0.311 e. The standard InChI is InChI=1S/C19H34N2/c1-2-3-6-21-7-4-18(5-8-21)20-19-16-10-14-9-15(12-16)13-17(19)11-14/h14-20H,2-13H2,1H3. The fraction of sp³-hybridized carbons (Fsp3) is 1.00. The molecule has 1 heterocycles. The van der Waals surface area contributed by atoms with Gasteiger partial charge in [-0.25, -0.2) is 0 Å². The van der Waals surface area contributed by atoms with E-state index in [0.717, 1.165) is 35.8 Å². The zero-order valence-electron chi connectivity index (χ0n) is 13.9. The molecule has 5 fully saturated rings. The van der Waals surface area contributed by atoms with Gasteiger partial charge in [-0.3, -0.25) is 0 Å². The van der Waals surface area contributed by atoms with Gasteiger partial charge in [0, 0.05) is 12.1 Å². The van der Waals surface area contributed by atoms with Crippen LogP contribution in [0.15, 0.2) is 0 Å². The van der Waals surface area contributed by atoms with E-state index >= 15 is 0 Å². The number of nitrogens with one attached hydrogen (secondary N) is 1. The van der Waals surface area contributed by atoms with Crippen LogP contribution in [-0.2, 0) is 0 Å². The third-order valence-corrected chi connectivity index (χ3v) is 7.07. The van der Waals surface area contributed by atoms with Gasteiger partial charge in [-0.15, -0.1) is 0 Å². The quantitative estimate of drug-likeness (QED) is 0.831. The number of unbranched alkanes of at least 4 members (excludes halogenated alkanes) is 1. The Labute approximate surface area is 131 Å². The zero-order valence-corrected chi connectivity index (χ0v) is 13.9. The number of hydrogen-bond donors (Lipinski definition) is 1. The van der Waals surface area contributed by atoms with Crippen molar-refractivity contribution >= 4 is 0 Å². The molecular weight excluding hydrogens is 256 g/mol. The van der Waals surface area contributed by atoms with Crippen LogP contribution in [0.3, 0.4) is 0 Å². The summed E-state index contributed by atoms with van der Waals surface area (Å²) < 4.78 is 0. The predicted molar refractivity (Wildman–Crippen MR) is 88.3 cm³/mol. The largest absolute Gasteiger partial charge is 0.311 e. The Morgan fingerprint density at radius 2 is 1.52 bits per heavy atom. The fourth-order valence-electron chi connectivity index (χ4n) is 6.17. The molecule has 0 amide bonds. The molecule has 120 valence electrons. The smallest absolute Gasteiger partial charge is 0.0127 e. The summed E-state index contributed by atoms with van der Waals surface area (Å²) in [4.78, 5) is 2.69. The lowest BCUT2D eigenvalue weighted by Crippen LogP contribution is -2.58. The number of nitrogens with zero attached hydrogens (tertiary/aromatic N) is 1. The Kier molecular flexibility index (Phi) is 4.28. The molecule has 21 heavy (non-hydrogen) atoms. The number of hydrogen-bond acceptors (Lipinski definition) is 2. The van der Waals surface area contributed by atoms with Gasteiger partial charge in [0.1, 0.15) is 0 Å². The van der Waals surface area contributed by atoms with Crippen molar-refractivity contribution in [3.63, 3.8) is 0 Å². The van der Waals surface area contributed by atoms with Crippen LogP contribution in [0.25, 0.3) is 0 Å². The highest BCUT2D eigenvalue weighted by molar-refractivity contribution is 5.02. The van der Waals surface area contributed by atoms with Crippen LogP contribution in [0.5, 0.6) is 0 Å². The molecule has 4 saturated carbocycles. The molecule has 0 atom stereocenters. The Morgan fingerprint density at radius 3 is 2.10 bits per heavy atom. The van der Waals surface area contributed by atoms with Crippen LogP contribution in [-0.4, -0.2) is 36.6 Å². The second-order valence-electron chi connectivity index (χ2n) is 8.59. The Bertz CT molecular complexity index is 317. The zero-order chi connectivity index (χ0) is 14.2. The molecule has 0 aromatic heterocycles. The maximum atomic E-state index is 4.15. The van der Waals surface area contributed by atoms with Crippen molar-refractivity contribution in [1.82, 2.24) is 10.2 Å². The maximum absolute atomic E-state index is 4.15. The average molecular weight is 290 g/mol. The molecule has 0 radical (unpaired) electrons. The Morgan fingerprint density at radius 1 is 0.905 bits per heavy atom. The van der Waals surface area contributed by atoms with Gasteiger partial charge >= 0.3 is 0 Å².